The summed E-state index contributed by atoms with van der Waals surface area (Å²) in [5.74, 6) is 0. The highest BCUT2D eigenvalue weighted by molar-refractivity contribution is 6.33. The van der Waals surface area contributed by atoms with Crippen LogP contribution < -0.4 is 0 Å². The Morgan fingerprint density at radius 2 is 1.38 bits per heavy atom. The van der Waals surface area contributed by atoms with Crippen LogP contribution in [0.15, 0.2) is 89.3 Å². The fraction of sp³-hybridized carbons (Fsp3) is 0. The van der Waals surface area contributed by atoms with Gasteiger partial charge in [-0.3, -0.25) is 10.1 Å². The van der Waals surface area contributed by atoms with Crippen molar-refractivity contribution < 1.29 is 9.34 Å². The number of rotatable bonds is 3. The Hall–Kier alpha value is -3.63. The number of nitrogens with zero attached hydrogens (tertiary/aromatic N) is 1. The largest absolute Gasteiger partial charge is 0.456 e. The van der Waals surface area contributed by atoms with Crippen molar-refractivity contribution in [3.63, 3.8) is 0 Å². The van der Waals surface area contributed by atoms with E-state index in [4.69, 9.17) is 16.0 Å². The van der Waals surface area contributed by atoms with Crippen LogP contribution in [0.25, 0.3) is 44.2 Å². The number of benzene rings is 4. The summed E-state index contributed by atoms with van der Waals surface area (Å²) >= 11 is 6.45. The Morgan fingerprint density at radius 1 is 0.724 bits per heavy atom. The van der Waals surface area contributed by atoms with E-state index in [1.165, 1.54) is 6.07 Å². The minimum Gasteiger partial charge on any atom is -0.456 e. The molecule has 5 rings (SSSR count). The topological polar surface area (TPSA) is 56.3 Å². The van der Waals surface area contributed by atoms with E-state index in [0.29, 0.717) is 21.7 Å². The van der Waals surface area contributed by atoms with E-state index in [0.717, 1.165) is 27.5 Å². The first-order chi connectivity index (χ1) is 14.1. The molecule has 1 aromatic heterocycles. The van der Waals surface area contributed by atoms with Crippen LogP contribution in [0.4, 0.5) is 5.69 Å². The Morgan fingerprint density at radius 3 is 2.21 bits per heavy atom. The Labute approximate surface area is 171 Å². The van der Waals surface area contributed by atoms with Crippen LogP contribution in [0.3, 0.4) is 0 Å². The van der Waals surface area contributed by atoms with Gasteiger partial charge in [-0.2, -0.15) is 0 Å². The maximum absolute atomic E-state index is 12.0. The van der Waals surface area contributed by atoms with Gasteiger partial charge in [0.25, 0.3) is 5.69 Å². The van der Waals surface area contributed by atoms with E-state index >= 15 is 0 Å². The van der Waals surface area contributed by atoms with Crippen molar-refractivity contribution >= 4 is 39.2 Å². The monoisotopic (exact) mass is 399 g/mol. The number of hydrogen-bond acceptors (Lipinski definition) is 3. The molecule has 4 nitrogen and oxygen atoms in total. The van der Waals surface area contributed by atoms with Crippen molar-refractivity contribution in [3.8, 4) is 22.3 Å². The van der Waals surface area contributed by atoms with Crippen molar-refractivity contribution in [2.45, 2.75) is 0 Å². The second-order valence-corrected chi connectivity index (χ2v) is 7.12. The van der Waals surface area contributed by atoms with Crippen molar-refractivity contribution in [1.29, 1.82) is 0 Å². The number of halogens is 1. The van der Waals surface area contributed by atoms with Gasteiger partial charge in [0.15, 0.2) is 0 Å². The van der Waals surface area contributed by atoms with Gasteiger partial charge in [0.05, 0.1) is 10.5 Å². The van der Waals surface area contributed by atoms with Crippen molar-refractivity contribution in [1.82, 2.24) is 0 Å². The van der Waals surface area contributed by atoms with Crippen LogP contribution in [0.1, 0.15) is 0 Å². The number of fused-ring (bicyclic) bond motifs is 3. The van der Waals surface area contributed by atoms with Crippen LogP contribution in [0.5, 0.6) is 0 Å². The van der Waals surface area contributed by atoms with E-state index in [1.54, 1.807) is 12.1 Å². The van der Waals surface area contributed by atoms with Gasteiger partial charge in [-0.15, -0.1) is 0 Å². The molecule has 0 aliphatic heterocycles. The minimum absolute atomic E-state index is 0.0280. The van der Waals surface area contributed by atoms with E-state index in [9.17, 15) is 10.1 Å². The van der Waals surface area contributed by atoms with E-state index in [2.05, 4.69) is 0 Å². The number of para-hydroxylation sites is 1. The highest BCUT2D eigenvalue weighted by atomic mass is 35.5. The molecule has 1 heterocycles. The van der Waals surface area contributed by atoms with Crippen molar-refractivity contribution in [2.24, 2.45) is 0 Å². The summed E-state index contributed by atoms with van der Waals surface area (Å²) in [5, 5.41) is 14.3. The van der Waals surface area contributed by atoms with E-state index in [-0.39, 0.29) is 10.6 Å². The average Bonchev–Trinajstić information content (AvgIpc) is 3.12. The summed E-state index contributed by atoms with van der Waals surface area (Å²) in [4.78, 5) is 11.6. The molecule has 0 atom stereocenters. The molecule has 0 saturated carbocycles. The van der Waals surface area contributed by atoms with Gasteiger partial charge >= 0.3 is 0 Å². The zero-order chi connectivity index (χ0) is 20.0. The summed E-state index contributed by atoms with van der Waals surface area (Å²) in [5.41, 5.74) is 4.19. The molecule has 0 saturated heterocycles. The highest BCUT2D eigenvalue weighted by Gasteiger charge is 2.24. The Kier molecular flexibility index (Phi) is 4.07. The van der Waals surface area contributed by atoms with E-state index < -0.39 is 0 Å². The molecule has 140 valence electrons. The first-order valence-corrected chi connectivity index (χ1v) is 9.46. The summed E-state index contributed by atoms with van der Waals surface area (Å²) in [7, 11) is 0. The standard InChI is InChI=1S/C24H14ClNO3/c25-19-11-3-1-7-15(19)16-9-5-12-20(26(27)28)23(16)18-10-6-14-22-24(18)17-8-2-4-13-21(17)29-22/h1-14H. The van der Waals surface area contributed by atoms with Gasteiger partial charge < -0.3 is 4.42 Å². The number of nitro groups is 1. The van der Waals surface area contributed by atoms with Gasteiger partial charge in [-0.25, -0.2) is 0 Å². The average molecular weight is 400 g/mol. The lowest BCUT2D eigenvalue weighted by molar-refractivity contribution is -0.384. The molecular formula is C24H14ClNO3. The smallest absolute Gasteiger partial charge is 0.277 e. The van der Waals surface area contributed by atoms with E-state index in [1.807, 2.05) is 66.7 Å². The predicted molar refractivity (Wildman–Crippen MR) is 116 cm³/mol. The third-order valence-corrected chi connectivity index (χ3v) is 5.40. The Bertz CT molecular complexity index is 1400. The number of nitro benzene ring substituents is 1. The molecule has 0 spiro atoms. The second kappa shape index (κ2) is 6.76. The van der Waals surface area contributed by atoms with Crippen LogP contribution in [0, 0.1) is 10.1 Å². The van der Waals surface area contributed by atoms with Crippen LogP contribution in [-0.4, -0.2) is 4.92 Å². The molecule has 0 unspecified atom stereocenters. The second-order valence-electron chi connectivity index (χ2n) is 6.71. The zero-order valence-corrected chi connectivity index (χ0v) is 15.9. The maximum atomic E-state index is 12.0. The molecule has 29 heavy (non-hydrogen) atoms. The van der Waals surface area contributed by atoms with Gasteiger partial charge in [0.1, 0.15) is 11.2 Å². The van der Waals surface area contributed by atoms with Crippen LogP contribution >= 0.6 is 11.6 Å². The Balaban J connectivity index is 1.95. The third kappa shape index (κ3) is 2.77. The fourth-order valence-corrected chi connectivity index (χ4v) is 4.10. The van der Waals surface area contributed by atoms with Crippen LogP contribution in [0.2, 0.25) is 5.02 Å². The zero-order valence-electron chi connectivity index (χ0n) is 15.1. The molecule has 4 aromatic carbocycles. The quantitative estimate of drug-likeness (QED) is 0.233. The van der Waals surface area contributed by atoms with Crippen molar-refractivity contribution in [3.05, 3.63) is 100 Å². The lowest BCUT2D eigenvalue weighted by Gasteiger charge is -2.13. The SMILES string of the molecule is O=[N+]([O-])c1cccc(-c2ccccc2Cl)c1-c1cccc2oc3ccccc3c12. The lowest BCUT2D eigenvalue weighted by atomic mass is 9.90. The molecule has 0 bridgehead atoms. The number of hydrogen-bond donors (Lipinski definition) is 0. The summed E-state index contributed by atoms with van der Waals surface area (Å²) in [6, 6.07) is 25.8. The first-order valence-electron chi connectivity index (χ1n) is 9.08. The third-order valence-electron chi connectivity index (χ3n) is 5.08. The predicted octanol–water partition coefficient (Wildman–Crippen LogP) is 7.48. The van der Waals surface area contributed by atoms with Gasteiger partial charge in [0, 0.05) is 33.0 Å². The van der Waals surface area contributed by atoms with Gasteiger partial charge in [0.2, 0.25) is 0 Å². The van der Waals surface area contributed by atoms with Crippen molar-refractivity contribution in [2.75, 3.05) is 0 Å². The summed E-state index contributed by atoms with van der Waals surface area (Å²) < 4.78 is 5.99. The maximum Gasteiger partial charge on any atom is 0.277 e. The van der Waals surface area contributed by atoms with Gasteiger partial charge in [-0.1, -0.05) is 72.3 Å². The molecule has 0 aliphatic rings. The molecule has 0 aliphatic carbocycles. The number of furan rings is 1. The first kappa shape index (κ1) is 17.5. The minimum atomic E-state index is -0.350. The normalized spacial score (nSPS) is 11.2. The summed E-state index contributed by atoms with van der Waals surface area (Å²) in [6.45, 7) is 0. The molecule has 0 N–H and O–H groups in total. The van der Waals surface area contributed by atoms with Crippen LogP contribution in [-0.2, 0) is 0 Å². The van der Waals surface area contributed by atoms with Gasteiger partial charge in [-0.05, 0) is 23.8 Å². The molecule has 0 fully saturated rings. The summed E-state index contributed by atoms with van der Waals surface area (Å²) in [6.07, 6.45) is 0. The molecule has 0 amide bonds. The fourth-order valence-electron chi connectivity index (χ4n) is 3.86. The molecule has 0 radical (unpaired) electrons. The molecule has 5 heteroatoms. The molecular weight excluding hydrogens is 386 g/mol. The highest BCUT2D eigenvalue weighted by Crippen LogP contribution is 2.45. The lowest BCUT2D eigenvalue weighted by Crippen LogP contribution is -1.95. The molecule has 5 aromatic rings.